The number of nitrogens with one attached hydrogen (secondary N) is 1. The highest BCUT2D eigenvalue weighted by Crippen LogP contribution is 2.57. The van der Waals surface area contributed by atoms with Crippen LogP contribution in [0.25, 0.3) is 48.1 Å². The van der Waals surface area contributed by atoms with Crippen LogP contribution >= 0.6 is 11.3 Å². The van der Waals surface area contributed by atoms with Crippen molar-refractivity contribution in [3.63, 3.8) is 0 Å². The molecular weight excluding hydrogens is 697 g/mol. The van der Waals surface area contributed by atoms with E-state index in [0.717, 1.165) is 28.1 Å². The van der Waals surface area contributed by atoms with E-state index in [0.29, 0.717) is 0 Å². The first-order chi connectivity index (χ1) is 27.8. The van der Waals surface area contributed by atoms with Gasteiger partial charge in [-0.15, -0.1) is 11.3 Å². The van der Waals surface area contributed by atoms with E-state index >= 15 is 0 Å². The largest absolute Gasteiger partial charge is 0.360 e. The van der Waals surface area contributed by atoms with Gasteiger partial charge in [-0.2, -0.15) is 0 Å². The summed E-state index contributed by atoms with van der Waals surface area (Å²) in [7, 11) is 0. The van der Waals surface area contributed by atoms with E-state index in [1.807, 2.05) is 11.3 Å². The highest BCUT2D eigenvalue weighted by molar-refractivity contribution is 7.25. The molecule has 0 spiro atoms. The van der Waals surface area contributed by atoms with E-state index in [-0.39, 0.29) is 6.17 Å². The first-order valence-corrected chi connectivity index (χ1v) is 20.1. The molecule has 0 bridgehead atoms. The molecule has 0 saturated heterocycles. The zero-order chi connectivity index (χ0) is 37.1. The fraction of sp³-hybridized carbons (Fsp3) is 0.0377. The summed E-state index contributed by atoms with van der Waals surface area (Å²) in [6.07, 6.45) is 2.00. The molecule has 0 saturated carbocycles. The number of hydrogen-bond donors (Lipinski definition) is 1. The highest BCUT2D eigenvalue weighted by Gasteiger charge is 2.46. The third-order valence-electron chi connectivity index (χ3n) is 11.6. The van der Waals surface area contributed by atoms with Crippen LogP contribution in [0.4, 0.5) is 0 Å². The number of aliphatic imine (C=N–C) groups is 1. The van der Waals surface area contributed by atoms with Crippen molar-refractivity contribution in [3.05, 3.63) is 245 Å². The second-order valence-corrected chi connectivity index (χ2v) is 15.8. The van der Waals surface area contributed by atoms with Gasteiger partial charge >= 0.3 is 0 Å². The van der Waals surface area contributed by atoms with Crippen LogP contribution < -0.4 is 5.32 Å². The third kappa shape index (κ3) is 5.12. The smallest absolute Gasteiger partial charge is 0.145 e. The Morgan fingerprint density at radius 3 is 1.82 bits per heavy atom. The molecule has 1 aliphatic carbocycles. The molecule has 1 N–H and O–H groups in total. The van der Waals surface area contributed by atoms with Crippen LogP contribution in [0.1, 0.15) is 45.1 Å². The Kier molecular flexibility index (Phi) is 7.68. The van der Waals surface area contributed by atoms with Crippen molar-refractivity contribution in [2.45, 2.75) is 11.6 Å². The molecule has 9 aromatic rings. The zero-order valence-corrected chi connectivity index (χ0v) is 31.4. The van der Waals surface area contributed by atoms with Gasteiger partial charge in [0, 0.05) is 31.4 Å². The summed E-state index contributed by atoms with van der Waals surface area (Å²) in [6, 6.07) is 73.1. The maximum Gasteiger partial charge on any atom is 0.145 e. The molecule has 0 radical (unpaired) electrons. The van der Waals surface area contributed by atoms with Gasteiger partial charge in [-0.1, -0.05) is 176 Å². The molecule has 0 fully saturated rings. The van der Waals surface area contributed by atoms with Gasteiger partial charge in [-0.3, -0.25) is 4.99 Å². The van der Waals surface area contributed by atoms with Crippen molar-refractivity contribution in [2.24, 2.45) is 4.99 Å². The molecule has 264 valence electrons. The van der Waals surface area contributed by atoms with Gasteiger partial charge < -0.3 is 5.32 Å². The second-order valence-electron chi connectivity index (χ2n) is 14.7. The maximum absolute atomic E-state index is 5.55. The monoisotopic (exact) mass is 732 g/mol. The molecule has 2 nitrogen and oxygen atoms in total. The molecular formula is C53H36N2S. The second kappa shape index (κ2) is 13.2. The number of thiophene rings is 1. The standard InChI is InChI=1S/C53H36N2S/c1-5-17-35(18-6-1)48-34-49(55-52(54-48)36-19-7-2-8-20-36)45-32-44-40-25-13-15-27-46(40)53(38-21-9-3-10-22-38,39-23-11-4-12-24-39)47(44)33-43(45)37-29-30-42-41-26-14-16-28-50(41)56-51(42)31-37/h1-34,52,54H. The van der Waals surface area contributed by atoms with Gasteiger partial charge in [-0.05, 0) is 86.0 Å². The molecule has 1 aliphatic heterocycles. The number of benzene rings is 8. The van der Waals surface area contributed by atoms with Crippen molar-refractivity contribution >= 4 is 42.9 Å². The lowest BCUT2D eigenvalue weighted by Gasteiger charge is -2.34. The summed E-state index contributed by atoms with van der Waals surface area (Å²) in [5, 5.41) is 6.38. The van der Waals surface area contributed by atoms with Gasteiger partial charge in [0.15, 0.2) is 0 Å². The summed E-state index contributed by atoms with van der Waals surface area (Å²) >= 11 is 1.86. The van der Waals surface area contributed by atoms with Gasteiger partial charge in [0.2, 0.25) is 0 Å². The van der Waals surface area contributed by atoms with Crippen LogP contribution in [0, 0.1) is 0 Å². The summed E-state index contributed by atoms with van der Waals surface area (Å²) < 4.78 is 2.59. The average Bonchev–Trinajstić information content (AvgIpc) is 3.80. The third-order valence-corrected chi connectivity index (χ3v) is 12.7. The predicted octanol–water partition coefficient (Wildman–Crippen LogP) is 13.2. The Balaban J connectivity index is 1.24. The molecule has 2 heterocycles. The van der Waals surface area contributed by atoms with Crippen molar-refractivity contribution < 1.29 is 0 Å². The van der Waals surface area contributed by atoms with Gasteiger partial charge in [0.1, 0.15) is 6.17 Å². The van der Waals surface area contributed by atoms with Crippen LogP contribution in [0.3, 0.4) is 0 Å². The van der Waals surface area contributed by atoms with Gasteiger partial charge in [-0.25, -0.2) is 0 Å². The van der Waals surface area contributed by atoms with Gasteiger partial charge in [0.25, 0.3) is 0 Å². The van der Waals surface area contributed by atoms with E-state index in [4.69, 9.17) is 4.99 Å². The average molecular weight is 733 g/mol. The summed E-state index contributed by atoms with van der Waals surface area (Å²) in [5.74, 6) is 0. The normalized spacial score (nSPS) is 15.5. The number of hydrogen-bond acceptors (Lipinski definition) is 3. The quantitative estimate of drug-likeness (QED) is 0.181. The summed E-state index contributed by atoms with van der Waals surface area (Å²) in [6.45, 7) is 0. The predicted molar refractivity (Wildman–Crippen MR) is 235 cm³/mol. The molecule has 3 heteroatoms. The maximum atomic E-state index is 5.55. The molecule has 56 heavy (non-hydrogen) atoms. The fourth-order valence-electron chi connectivity index (χ4n) is 9.09. The van der Waals surface area contributed by atoms with E-state index in [1.165, 1.54) is 64.7 Å². The molecule has 0 amide bonds. The minimum Gasteiger partial charge on any atom is -0.360 e. The Labute approximate surface area is 330 Å². The van der Waals surface area contributed by atoms with E-state index in [2.05, 4.69) is 212 Å². The lowest BCUT2D eigenvalue weighted by Crippen LogP contribution is -2.29. The minimum atomic E-state index is -0.517. The van der Waals surface area contributed by atoms with Crippen LogP contribution in [-0.2, 0) is 5.41 Å². The minimum absolute atomic E-state index is 0.252. The van der Waals surface area contributed by atoms with Crippen LogP contribution in [-0.4, -0.2) is 5.71 Å². The fourth-order valence-corrected chi connectivity index (χ4v) is 10.2. The van der Waals surface area contributed by atoms with Crippen LogP contribution in [0.15, 0.2) is 211 Å². The number of rotatable bonds is 6. The van der Waals surface area contributed by atoms with Crippen LogP contribution in [0.2, 0.25) is 0 Å². The Hall–Kier alpha value is -6.81. The van der Waals surface area contributed by atoms with Crippen molar-refractivity contribution in [1.82, 2.24) is 5.32 Å². The van der Waals surface area contributed by atoms with Crippen LogP contribution in [0.5, 0.6) is 0 Å². The molecule has 1 aromatic heterocycles. The molecule has 11 rings (SSSR count). The lowest BCUT2D eigenvalue weighted by molar-refractivity contribution is 0.664. The van der Waals surface area contributed by atoms with Crippen molar-refractivity contribution in [3.8, 4) is 22.3 Å². The Morgan fingerprint density at radius 1 is 0.446 bits per heavy atom. The lowest BCUT2D eigenvalue weighted by atomic mass is 9.67. The Morgan fingerprint density at radius 2 is 1.07 bits per heavy atom. The molecule has 2 aliphatic rings. The van der Waals surface area contributed by atoms with E-state index < -0.39 is 5.41 Å². The van der Waals surface area contributed by atoms with Gasteiger partial charge in [0.05, 0.1) is 11.1 Å². The first-order valence-electron chi connectivity index (χ1n) is 19.2. The van der Waals surface area contributed by atoms with Crippen molar-refractivity contribution in [2.75, 3.05) is 0 Å². The molecule has 8 aromatic carbocycles. The van der Waals surface area contributed by atoms with E-state index in [1.54, 1.807) is 0 Å². The highest BCUT2D eigenvalue weighted by atomic mass is 32.1. The number of nitrogens with zero attached hydrogens (tertiary/aromatic N) is 1. The summed E-state index contributed by atoms with van der Waals surface area (Å²) in [5.41, 5.74) is 14.8. The van der Waals surface area contributed by atoms with E-state index in [9.17, 15) is 0 Å². The molecule has 1 unspecified atom stereocenters. The number of allylic oxidation sites excluding steroid dienone is 1. The molecule has 1 atom stereocenters. The topological polar surface area (TPSA) is 24.4 Å². The SMILES string of the molecule is C1=C(c2ccccc2)NC(c2ccccc2)N=C1c1cc2c(cc1-c1ccc3c(c1)sc1ccccc13)C(c1ccccc1)(c1ccccc1)c1ccccc1-2. The Bertz CT molecular complexity index is 2940. The first kappa shape index (κ1) is 32.6. The van der Waals surface area contributed by atoms with Crippen molar-refractivity contribution in [1.29, 1.82) is 0 Å². The summed E-state index contributed by atoms with van der Waals surface area (Å²) in [4.78, 5) is 5.55. The zero-order valence-electron chi connectivity index (χ0n) is 30.6. The number of fused-ring (bicyclic) bond motifs is 6.